The van der Waals surface area contributed by atoms with Crippen molar-refractivity contribution >= 4 is 33.5 Å². The number of anilines is 1. The van der Waals surface area contributed by atoms with Crippen LogP contribution in [0, 0.1) is 11.3 Å². The van der Waals surface area contributed by atoms with Gasteiger partial charge in [0, 0.05) is 22.9 Å². The lowest BCUT2D eigenvalue weighted by Crippen LogP contribution is -2.17. The number of hydrogen-bond donors (Lipinski definition) is 3. The first-order valence-corrected chi connectivity index (χ1v) is 8.02. The number of hydrogen-bond acceptors (Lipinski definition) is 4. The van der Waals surface area contributed by atoms with Gasteiger partial charge in [0.1, 0.15) is 11.6 Å². The van der Waals surface area contributed by atoms with Gasteiger partial charge in [-0.3, -0.25) is 4.79 Å². The standard InChI is InChI=1S/C18H14BrN3O3/c19-16-7-2-1-4-13(16)10-21-11-14(9-20)17(23)22-15-6-3-5-12(8-15)18(24)25/h1-8,11,21H,10H2,(H,22,23)(H,24,25)/b14-11-. The van der Waals surface area contributed by atoms with Crippen molar-refractivity contribution < 1.29 is 14.7 Å². The Hall–Kier alpha value is -3.11. The monoisotopic (exact) mass is 399 g/mol. The number of aromatic carboxylic acids is 1. The Balaban J connectivity index is 2.03. The minimum absolute atomic E-state index is 0.0485. The lowest BCUT2D eigenvalue weighted by atomic mass is 10.2. The van der Waals surface area contributed by atoms with Crippen LogP contribution in [-0.4, -0.2) is 17.0 Å². The normalized spacial score (nSPS) is 10.6. The molecule has 0 radical (unpaired) electrons. The summed E-state index contributed by atoms with van der Waals surface area (Å²) in [5.74, 6) is -1.72. The molecule has 0 fully saturated rings. The maximum absolute atomic E-state index is 12.1. The van der Waals surface area contributed by atoms with Gasteiger partial charge in [0.2, 0.25) is 0 Å². The SMILES string of the molecule is N#C/C(=C/NCc1ccccc1Br)C(=O)Nc1cccc(C(=O)O)c1. The summed E-state index contributed by atoms with van der Waals surface area (Å²) in [6.07, 6.45) is 1.33. The van der Waals surface area contributed by atoms with E-state index in [1.54, 1.807) is 6.07 Å². The highest BCUT2D eigenvalue weighted by Crippen LogP contribution is 2.15. The largest absolute Gasteiger partial charge is 0.478 e. The van der Waals surface area contributed by atoms with Crippen molar-refractivity contribution in [2.75, 3.05) is 5.32 Å². The Morgan fingerprint density at radius 2 is 1.96 bits per heavy atom. The summed E-state index contributed by atoms with van der Waals surface area (Å²) >= 11 is 3.42. The number of nitriles is 1. The van der Waals surface area contributed by atoms with E-state index < -0.39 is 11.9 Å². The molecular formula is C18H14BrN3O3. The van der Waals surface area contributed by atoms with Crippen molar-refractivity contribution in [3.8, 4) is 6.07 Å². The first kappa shape index (κ1) is 18.2. The molecule has 6 nitrogen and oxygen atoms in total. The molecule has 0 bridgehead atoms. The van der Waals surface area contributed by atoms with Gasteiger partial charge in [-0.1, -0.05) is 40.2 Å². The van der Waals surface area contributed by atoms with Crippen LogP contribution < -0.4 is 10.6 Å². The van der Waals surface area contributed by atoms with E-state index in [1.165, 1.54) is 24.4 Å². The molecule has 0 aliphatic carbocycles. The molecule has 7 heteroatoms. The van der Waals surface area contributed by atoms with Crippen LogP contribution in [0.5, 0.6) is 0 Å². The zero-order valence-corrected chi connectivity index (χ0v) is 14.6. The number of carbonyl (C=O) groups is 2. The van der Waals surface area contributed by atoms with Gasteiger partial charge >= 0.3 is 5.97 Å². The van der Waals surface area contributed by atoms with Gasteiger partial charge in [0.25, 0.3) is 5.91 Å². The van der Waals surface area contributed by atoms with E-state index in [4.69, 9.17) is 10.4 Å². The highest BCUT2D eigenvalue weighted by atomic mass is 79.9. The second-order valence-corrected chi connectivity index (χ2v) is 5.84. The van der Waals surface area contributed by atoms with E-state index in [0.29, 0.717) is 12.2 Å². The average Bonchev–Trinajstić information content (AvgIpc) is 2.60. The van der Waals surface area contributed by atoms with Crippen molar-refractivity contribution in [1.29, 1.82) is 5.26 Å². The summed E-state index contributed by atoms with van der Waals surface area (Å²) in [6.45, 7) is 0.439. The Kier molecular flexibility index (Phi) is 6.32. The number of amides is 1. The van der Waals surface area contributed by atoms with E-state index in [2.05, 4.69) is 26.6 Å². The van der Waals surface area contributed by atoms with Crippen LogP contribution in [0.4, 0.5) is 5.69 Å². The number of rotatable bonds is 6. The van der Waals surface area contributed by atoms with E-state index in [1.807, 2.05) is 30.3 Å². The van der Waals surface area contributed by atoms with E-state index in [9.17, 15) is 9.59 Å². The summed E-state index contributed by atoms with van der Waals surface area (Å²) < 4.78 is 0.921. The molecule has 126 valence electrons. The molecule has 0 unspecified atom stereocenters. The predicted molar refractivity (Wildman–Crippen MR) is 96.7 cm³/mol. The Morgan fingerprint density at radius 1 is 1.20 bits per heavy atom. The van der Waals surface area contributed by atoms with Gasteiger partial charge in [-0.2, -0.15) is 5.26 Å². The molecule has 2 rings (SSSR count). The summed E-state index contributed by atoms with van der Waals surface area (Å²) in [4.78, 5) is 23.1. The van der Waals surface area contributed by atoms with Gasteiger partial charge < -0.3 is 15.7 Å². The topological polar surface area (TPSA) is 102 Å². The van der Waals surface area contributed by atoms with Crippen molar-refractivity contribution in [3.63, 3.8) is 0 Å². The number of benzene rings is 2. The number of carboxylic acids is 1. The zero-order valence-electron chi connectivity index (χ0n) is 13.0. The zero-order chi connectivity index (χ0) is 18.2. The summed E-state index contributed by atoms with van der Waals surface area (Å²) in [7, 11) is 0. The van der Waals surface area contributed by atoms with E-state index in [-0.39, 0.29) is 11.1 Å². The molecule has 0 saturated heterocycles. The second kappa shape index (κ2) is 8.66. The first-order valence-electron chi connectivity index (χ1n) is 7.23. The molecular weight excluding hydrogens is 386 g/mol. The molecule has 25 heavy (non-hydrogen) atoms. The fourth-order valence-corrected chi connectivity index (χ4v) is 2.41. The molecule has 2 aromatic carbocycles. The van der Waals surface area contributed by atoms with Crippen molar-refractivity contribution in [2.45, 2.75) is 6.54 Å². The molecule has 2 aromatic rings. The Morgan fingerprint density at radius 3 is 2.64 bits per heavy atom. The number of carboxylic acid groups (broad SMARTS) is 1. The van der Waals surface area contributed by atoms with Crippen LogP contribution in [0.2, 0.25) is 0 Å². The van der Waals surface area contributed by atoms with Crippen LogP contribution in [0.25, 0.3) is 0 Å². The van der Waals surface area contributed by atoms with Gasteiger partial charge in [-0.05, 0) is 29.8 Å². The van der Waals surface area contributed by atoms with E-state index in [0.717, 1.165) is 10.0 Å². The van der Waals surface area contributed by atoms with Crippen LogP contribution in [0.15, 0.2) is 64.8 Å². The average molecular weight is 400 g/mol. The lowest BCUT2D eigenvalue weighted by molar-refractivity contribution is -0.112. The lowest BCUT2D eigenvalue weighted by Gasteiger charge is -2.07. The van der Waals surface area contributed by atoms with Crippen molar-refractivity contribution in [3.05, 3.63) is 75.9 Å². The minimum atomic E-state index is -1.10. The van der Waals surface area contributed by atoms with Gasteiger partial charge in [-0.25, -0.2) is 4.79 Å². The van der Waals surface area contributed by atoms with Crippen LogP contribution >= 0.6 is 15.9 Å². The third kappa shape index (κ3) is 5.19. The van der Waals surface area contributed by atoms with Gasteiger partial charge in [0.05, 0.1) is 5.56 Å². The first-order chi connectivity index (χ1) is 12.0. The fourth-order valence-electron chi connectivity index (χ4n) is 1.98. The summed E-state index contributed by atoms with van der Waals surface area (Å²) in [5, 5.41) is 23.5. The highest BCUT2D eigenvalue weighted by molar-refractivity contribution is 9.10. The van der Waals surface area contributed by atoms with Crippen LogP contribution in [-0.2, 0) is 11.3 Å². The van der Waals surface area contributed by atoms with Crippen LogP contribution in [0.1, 0.15) is 15.9 Å². The van der Waals surface area contributed by atoms with Gasteiger partial charge in [0.15, 0.2) is 0 Å². The quantitative estimate of drug-likeness (QED) is 0.510. The fraction of sp³-hybridized carbons (Fsp3) is 0.0556. The van der Waals surface area contributed by atoms with Gasteiger partial charge in [-0.15, -0.1) is 0 Å². The van der Waals surface area contributed by atoms with Crippen molar-refractivity contribution in [2.24, 2.45) is 0 Å². The second-order valence-electron chi connectivity index (χ2n) is 4.98. The number of carbonyl (C=O) groups excluding carboxylic acids is 1. The summed E-state index contributed by atoms with van der Waals surface area (Å²) in [6, 6.07) is 15.2. The molecule has 0 saturated carbocycles. The van der Waals surface area contributed by atoms with Crippen molar-refractivity contribution in [1.82, 2.24) is 5.32 Å². The predicted octanol–water partition coefficient (Wildman–Crippen LogP) is 3.28. The molecule has 0 aromatic heterocycles. The smallest absolute Gasteiger partial charge is 0.335 e. The third-order valence-electron chi connectivity index (χ3n) is 3.23. The highest BCUT2D eigenvalue weighted by Gasteiger charge is 2.11. The molecule has 3 N–H and O–H groups in total. The molecule has 0 heterocycles. The number of nitrogens with zero attached hydrogens (tertiary/aromatic N) is 1. The summed E-state index contributed by atoms with van der Waals surface area (Å²) in [5.41, 5.74) is 1.21. The number of nitrogens with one attached hydrogen (secondary N) is 2. The van der Waals surface area contributed by atoms with E-state index >= 15 is 0 Å². The third-order valence-corrected chi connectivity index (χ3v) is 4.00. The number of halogens is 1. The minimum Gasteiger partial charge on any atom is -0.478 e. The Bertz CT molecular complexity index is 872. The molecule has 0 aliphatic rings. The Labute approximate surface area is 152 Å². The molecule has 1 amide bonds. The molecule has 0 aliphatic heterocycles. The maximum Gasteiger partial charge on any atom is 0.335 e. The molecule has 0 atom stereocenters. The molecule has 0 spiro atoms. The van der Waals surface area contributed by atoms with Crippen LogP contribution in [0.3, 0.4) is 0 Å². The maximum atomic E-state index is 12.1.